The molecule has 98 valence electrons. The second kappa shape index (κ2) is 17.3. The van der Waals surface area contributed by atoms with Crippen LogP contribution in [0.4, 0.5) is 5.69 Å². The van der Waals surface area contributed by atoms with Gasteiger partial charge in [-0.25, -0.2) is 0 Å². The zero-order valence-corrected chi connectivity index (χ0v) is 12.8. The van der Waals surface area contributed by atoms with Crippen LogP contribution in [0.25, 0.3) is 5.03 Å². The Morgan fingerprint density at radius 3 is 1.71 bits per heavy atom. The number of rotatable bonds is 2. The smallest absolute Gasteiger partial charge is 0.0709 e. The first-order valence-electron chi connectivity index (χ1n) is 6.16. The summed E-state index contributed by atoms with van der Waals surface area (Å²) in [6.07, 6.45) is 0. The van der Waals surface area contributed by atoms with Crippen LogP contribution in [0, 0.1) is 0 Å². The summed E-state index contributed by atoms with van der Waals surface area (Å²) in [7, 11) is 0. The molecule has 0 aliphatic rings. The van der Waals surface area contributed by atoms with Crippen LogP contribution < -0.4 is 0 Å². The molecule has 0 atom stereocenters. The molecule has 0 aliphatic carbocycles. The SMILES string of the molecule is C=Nc1ccccc1C(=C)Cl.CC.CC.CC. The second-order valence-electron chi connectivity index (χ2n) is 2.08. The lowest BCUT2D eigenvalue weighted by atomic mass is 10.2. The van der Waals surface area contributed by atoms with Gasteiger partial charge in [0.15, 0.2) is 0 Å². The maximum Gasteiger partial charge on any atom is 0.0709 e. The summed E-state index contributed by atoms with van der Waals surface area (Å²) in [6, 6.07) is 7.47. The van der Waals surface area contributed by atoms with Crippen molar-refractivity contribution in [2.75, 3.05) is 0 Å². The standard InChI is InChI=1S/C9H8ClN.3C2H6/c1-7(10)8-5-3-4-6-9(8)11-2;3*1-2/h3-6H,1-2H2;3*1-2H3. The van der Waals surface area contributed by atoms with E-state index in [-0.39, 0.29) is 0 Å². The van der Waals surface area contributed by atoms with Gasteiger partial charge >= 0.3 is 0 Å². The fourth-order valence-corrected chi connectivity index (χ4v) is 1.00. The van der Waals surface area contributed by atoms with E-state index in [1.54, 1.807) is 0 Å². The number of hydrogen-bond donors (Lipinski definition) is 0. The highest BCUT2D eigenvalue weighted by atomic mass is 35.5. The van der Waals surface area contributed by atoms with Crippen molar-refractivity contribution in [1.82, 2.24) is 0 Å². The van der Waals surface area contributed by atoms with Crippen molar-refractivity contribution in [3.63, 3.8) is 0 Å². The Bertz CT molecular complexity index is 293. The number of benzene rings is 1. The van der Waals surface area contributed by atoms with Crippen LogP contribution in [0.15, 0.2) is 35.8 Å². The lowest BCUT2D eigenvalue weighted by Gasteiger charge is -2.00. The van der Waals surface area contributed by atoms with E-state index in [9.17, 15) is 0 Å². The van der Waals surface area contributed by atoms with Gasteiger partial charge in [-0.05, 0) is 12.8 Å². The first kappa shape index (κ1) is 21.2. The van der Waals surface area contributed by atoms with E-state index in [0.717, 1.165) is 11.3 Å². The van der Waals surface area contributed by atoms with E-state index in [2.05, 4.69) is 18.3 Å². The molecule has 0 fully saturated rings. The first-order valence-corrected chi connectivity index (χ1v) is 6.54. The molecule has 17 heavy (non-hydrogen) atoms. The van der Waals surface area contributed by atoms with Crippen molar-refractivity contribution in [3.05, 3.63) is 36.4 Å². The van der Waals surface area contributed by atoms with E-state index in [4.69, 9.17) is 11.6 Å². The van der Waals surface area contributed by atoms with Gasteiger partial charge in [-0.15, -0.1) is 0 Å². The molecule has 0 amide bonds. The molecular formula is C15H26ClN. The van der Waals surface area contributed by atoms with E-state index in [0.29, 0.717) is 5.03 Å². The minimum absolute atomic E-state index is 0.494. The van der Waals surface area contributed by atoms with Gasteiger partial charge in [-0.1, -0.05) is 77.9 Å². The largest absolute Gasteiger partial charge is 0.264 e. The summed E-state index contributed by atoms with van der Waals surface area (Å²) >= 11 is 5.70. The maximum absolute atomic E-state index is 5.70. The lowest BCUT2D eigenvalue weighted by Crippen LogP contribution is -1.75. The highest BCUT2D eigenvalue weighted by molar-refractivity contribution is 6.48. The zero-order chi connectivity index (χ0) is 14.3. The fourth-order valence-electron chi connectivity index (χ4n) is 0.841. The molecule has 0 aliphatic heterocycles. The average molecular weight is 256 g/mol. The van der Waals surface area contributed by atoms with Crippen molar-refractivity contribution in [2.45, 2.75) is 41.5 Å². The van der Waals surface area contributed by atoms with Gasteiger partial charge in [0.1, 0.15) is 0 Å². The van der Waals surface area contributed by atoms with Crippen molar-refractivity contribution >= 4 is 29.0 Å². The Hall–Kier alpha value is -1.08. The summed E-state index contributed by atoms with van der Waals surface area (Å²) in [5, 5.41) is 0.494. The first-order chi connectivity index (χ1) is 8.25. The van der Waals surface area contributed by atoms with Gasteiger partial charge in [0, 0.05) is 10.6 Å². The third-order valence-electron chi connectivity index (χ3n) is 1.37. The van der Waals surface area contributed by atoms with Crippen LogP contribution in [-0.4, -0.2) is 6.72 Å². The van der Waals surface area contributed by atoms with Crippen molar-refractivity contribution in [2.24, 2.45) is 4.99 Å². The van der Waals surface area contributed by atoms with Crippen LogP contribution in [-0.2, 0) is 0 Å². The Morgan fingerprint density at radius 1 is 1.00 bits per heavy atom. The summed E-state index contributed by atoms with van der Waals surface area (Å²) in [6.45, 7) is 19.0. The topological polar surface area (TPSA) is 12.4 Å². The van der Waals surface area contributed by atoms with Crippen LogP contribution in [0.2, 0.25) is 0 Å². The maximum atomic E-state index is 5.70. The Morgan fingerprint density at radius 2 is 1.41 bits per heavy atom. The van der Waals surface area contributed by atoms with Gasteiger partial charge in [0.05, 0.1) is 5.69 Å². The third-order valence-corrected chi connectivity index (χ3v) is 1.57. The number of nitrogens with zero attached hydrogens (tertiary/aromatic N) is 1. The van der Waals surface area contributed by atoms with Crippen molar-refractivity contribution < 1.29 is 0 Å². The molecule has 0 aromatic heterocycles. The average Bonchev–Trinajstić information content (AvgIpc) is 2.45. The summed E-state index contributed by atoms with van der Waals surface area (Å²) < 4.78 is 0. The molecule has 2 heteroatoms. The van der Waals surface area contributed by atoms with E-state index in [1.807, 2.05) is 65.8 Å². The van der Waals surface area contributed by atoms with E-state index >= 15 is 0 Å². The highest BCUT2D eigenvalue weighted by Gasteiger charge is 1.99. The predicted octanol–water partition coefficient (Wildman–Crippen LogP) is 6.31. The number of para-hydroxylation sites is 1. The molecule has 0 N–H and O–H groups in total. The van der Waals surface area contributed by atoms with Crippen LogP contribution in [0.3, 0.4) is 0 Å². The van der Waals surface area contributed by atoms with Crippen LogP contribution in [0.1, 0.15) is 47.1 Å². The molecular weight excluding hydrogens is 230 g/mol. The Kier molecular flexibility index (Phi) is 21.6. The Balaban J connectivity index is -0.000000285. The molecule has 0 saturated heterocycles. The Labute approximate surface area is 112 Å². The molecule has 1 rings (SSSR count). The van der Waals surface area contributed by atoms with Gasteiger partial charge in [-0.3, -0.25) is 4.99 Å². The second-order valence-corrected chi connectivity index (χ2v) is 2.54. The molecule has 0 saturated carbocycles. The van der Waals surface area contributed by atoms with E-state index < -0.39 is 0 Å². The molecule has 1 nitrogen and oxygen atoms in total. The third kappa shape index (κ3) is 9.83. The van der Waals surface area contributed by atoms with Crippen molar-refractivity contribution in [3.8, 4) is 0 Å². The van der Waals surface area contributed by atoms with Crippen LogP contribution in [0.5, 0.6) is 0 Å². The quantitative estimate of drug-likeness (QED) is 0.550. The fraction of sp³-hybridized carbons (Fsp3) is 0.400. The zero-order valence-electron chi connectivity index (χ0n) is 12.0. The minimum Gasteiger partial charge on any atom is -0.264 e. The molecule has 1 aromatic carbocycles. The van der Waals surface area contributed by atoms with Gasteiger partial charge in [0.25, 0.3) is 0 Å². The summed E-state index contributed by atoms with van der Waals surface area (Å²) in [5.41, 5.74) is 1.61. The number of aliphatic imine (C=N–C) groups is 1. The highest BCUT2D eigenvalue weighted by Crippen LogP contribution is 2.26. The summed E-state index contributed by atoms with van der Waals surface area (Å²) in [5.74, 6) is 0. The number of hydrogen-bond acceptors (Lipinski definition) is 1. The number of halogens is 1. The monoisotopic (exact) mass is 255 g/mol. The molecule has 0 radical (unpaired) electrons. The molecule has 0 heterocycles. The van der Waals surface area contributed by atoms with Crippen LogP contribution >= 0.6 is 11.6 Å². The molecule has 0 spiro atoms. The van der Waals surface area contributed by atoms with Gasteiger partial charge in [-0.2, -0.15) is 0 Å². The predicted molar refractivity (Wildman–Crippen MR) is 84.6 cm³/mol. The van der Waals surface area contributed by atoms with E-state index in [1.165, 1.54) is 0 Å². The van der Waals surface area contributed by atoms with Gasteiger partial charge < -0.3 is 0 Å². The molecule has 1 aromatic rings. The lowest BCUT2D eigenvalue weighted by molar-refractivity contribution is 1.50. The van der Waals surface area contributed by atoms with Crippen molar-refractivity contribution in [1.29, 1.82) is 0 Å². The molecule has 0 bridgehead atoms. The van der Waals surface area contributed by atoms with Gasteiger partial charge in [0.2, 0.25) is 0 Å². The minimum atomic E-state index is 0.494. The molecule has 0 unspecified atom stereocenters. The normalized spacial score (nSPS) is 7.00. The summed E-state index contributed by atoms with van der Waals surface area (Å²) in [4.78, 5) is 3.80.